The molecule has 0 aromatic heterocycles. The van der Waals surface area contributed by atoms with E-state index in [-0.39, 0.29) is 6.61 Å². The smallest absolute Gasteiger partial charge is 0.407 e. The highest BCUT2D eigenvalue weighted by Gasteiger charge is 2.10. The topological polar surface area (TPSA) is 61.8 Å². The molecule has 1 amide bonds. The van der Waals surface area contributed by atoms with E-state index in [1.807, 2.05) is 0 Å². The summed E-state index contributed by atoms with van der Waals surface area (Å²) >= 11 is 0. The molecule has 2 N–H and O–H groups in total. The maximum atomic E-state index is 11.1. The van der Waals surface area contributed by atoms with E-state index < -0.39 is 12.2 Å². The Balaban J connectivity index is 1.91. The van der Waals surface area contributed by atoms with Crippen LogP contribution in [0.1, 0.15) is 26.2 Å². The summed E-state index contributed by atoms with van der Waals surface area (Å²) in [5.74, 6) is 0. The van der Waals surface area contributed by atoms with Gasteiger partial charge in [-0.3, -0.25) is 0 Å². The Labute approximate surface area is 96.8 Å². The van der Waals surface area contributed by atoms with Gasteiger partial charge in [0.15, 0.2) is 0 Å². The van der Waals surface area contributed by atoms with E-state index in [9.17, 15) is 4.79 Å². The second-order valence-corrected chi connectivity index (χ2v) is 4.28. The first-order chi connectivity index (χ1) is 7.68. The molecule has 0 aromatic rings. The number of hydrogen-bond donors (Lipinski definition) is 2. The van der Waals surface area contributed by atoms with Crippen molar-refractivity contribution in [1.29, 1.82) is 0 Å². The van der Waals surface area contributed by atoms with Gasteiger partial charge < -0.3 is 20.1 Å². The van der Waals surface area contributed by atoms with Gasteiger partial charge in [-0.25, -0.2) is 4.79 Å². The highest BCUT2D eigenvalue weighted by atomic mass is 16.6. The number of aliphatic hydroxyl groups excluding tert-OH is 1. The molecule has 0 spiro atoms. The molecule has 5 nitrogen and oxygen atoms in total. The van der Waals surface area contributed by atoms with Crippen LogP contribution in [0.3, 0.4) is 0 Å². The first-order valence-electron chi connectivity index (χ1n) is 5.99. The Bertz CT molecular complexity index is 203. The second kappa shape index (κ2) is 7.46. The number of amides is 1. The largest absolute Gasteiger partial charge is 0.447 e. The third kappa shape index (κ3) is 5.92. The van der Waals surface area contributed by atoms with Crippen LogP contribution in [-0.4, -0.2) is 55.0 Å². The number of alkyl carbamates (subject to hydrolysis) is 1. The van der Waals surface area contributed by atoms with Crippen molar-refractivity contribution in [1.82, 2.24) is 10.2 Å². The molecule has 0 aliphatic carbocycles. The van der Waals surface area contributed by atoms with Crippen molar-refractivity contribution in [2.75, 3.05) is 32.8 Å². The minimum Gasteiger partial charge on any atom is -0.447 e. The fourth-order valence-electron chi connectivity index (χ4n) is 1.75. The molecular formula is C11H22N2O3. The van der Waals surface area contributed by atoms with Crippen LogP contribution in [0.25, 0.3) is 0 Å². The molecule has 1 rings (SSSR count). The Kier molecular flexibility index (Phi) is 6.18. The normalized spacial score (nSPS) is 18.4. The van der Waals surface area contributed by atoms with E-state index in [1.165, 1.54) is 25.9 Å². The summed E-state index contributed by atoms with van der Waals surface area (Å²) in [7, 11) is 0. The molecule has 0 bridgehead atoms. The van der Waals surface area contributed by atoms with E-state index in [1.54, 1.807) is 6.92 Å². The number of aliphatic hydroxyl groups is 1. The van der Waals surface area contributed by atoms with Gasteiger partial charge in [-0.05, 0) is 45.8 Å². The number of carbonyl (C=O) groups is 1. The predicted octanol–water partition coefficient (Wildman–Crippen LogP) is 0.579. The molecule has 0 aromatic carbocycles. The lowest BCUT2D eigenvalue weighted by molar-refractivity contribution is 0.0779. The molecule has 5 heteroatoms. The van der Waals surface area contributed by atoms with Crippen molar-refractivity contribution >= 4 is 6.09 Å². The first-order valence-corrected chi connectivity index (χ1v) is 5.99. The lowest BCUT2D eigenvalue weighted by Crippen LogP contribution is -2.30. The number of carbonyl (C=O) groups excluding carboxylic acids is 1. The standard InChI is InChI=1S/C11H22N2O3/c1-10(14)9-16-11(15)12-5-4-8-13-6-2-3-7-13/h10,14H,2-9H2,1H3,(H,12,15). The molecule has 1 heterocycles. The van der Waals surface area contributed by atoms with Crippen LogP contribution in [0.4, 0.5) is 4.79 Å². The summed E-state index contributed by atoms with van der Waals surface area (Å²) in [4.78, 5) is 13.5. The zero-order valence-electron chi connectivity index (χ0n) is 9.95. The van der Waals surface area contributed by atoms with Gasteiger partial charge in [-0.1, -0.05) is 0 Å². The average molecular weight is 230 g/mol. The molecule has 1 fully saturated rings. The SMILES string of the molecule is CC(O)COC(=O)NCCCN1CCCC1. The number of rotatable bonds is 6. The Morgan fingerprint density at radius 1 is 1.50 bits per heavy atom. The zero-order valence-corrected chi connectivity index (χ0v) is 9.95. The van der Waals surface area contributed by atoms with Crippen molar-refractivity contribution in [3.8, 4) is 0 Å². The third-order valence-corrected chi connectivity index (χ3v) is 2.57. The number of likely N-dealkylation sites (tertiary alicyclic amines) is 1. The molecular weight excluding hydrogens is 208 g/mol. The van der Waals surface area contributed by atoms with Gasteiger partial charge in [-0.2, -0.15) is 0 Å². The lowest BCUT2D eigenvalue weighted by atomic mass is 10.4. The molecule has 1 saturated heterocycles. The average Bonchev–Trinajstić information content (AvgIpc) is 2.74. The molecule has 94 valence electrons. The van der Waals surface area contributed by atoms with Gasteiger partial charge in [-0.15, -0.1) is 0 Å². The molecule has 1 atom stereocenters. The number of ether oxygens (including phenoxy) is 1. The fraction of sp³-hybridized carbons (Fsp3) is 0.909. The van der Waals surface area contributed by atoms with Crippen molar-refractivity contribution < 1.29 is 14.6 Å². The number of hydrogen-bond acceptors (Lipinski definition) is 4. The molecule has 1 aliphatic heterocycles. The van der Waals surface area contributed by atoms with Crippen molar-refractivity contribution in [3.63, 3.8) is 0 Å². The first kappa shape index (κ1) is 13.3. The summed E-state index contributed by atoms with van der Waals surface area (Å²) in [6.07, 6.45) is 2.50. The van der Waals surface area contributed by atoms with E-state index in [4.69, 9.17) is 9.84 Å². The van der Waals surface area contributed by atoms with Crippen LogP contribution in [0, 0.1) is 0 Å². The fourth-order valence-corrected chi connectivity index (χ4v) is 1.75. The summed E-state index contributed by atoms with van der Waals surface area (Å²) < 4.78 is 4.76. The van der Waals surface area contributed by atoms with Gasteiger partial charge in [0, 0.05) is 6.54 Å². The quantitative estimate of drug-likeness (QED) is 0.655. The van der Waals surface area contributed by atoms with Gasteiger partial charge in [0.1, 0.15) is 6.61 Å². The van der Waals surface area contributed by atoms with Crippen LogP contribution in [-0.2, 0) is 4.74 Å². The Morgan fingerprint density at radius 3 is 2.81 bits per heavy atom. The van der Waals surface area contributed by atoms with Crippen LogP contribution < -0.4 is 5.32 Å². The second-order valence-electron chi connectivity index (χ2n) is 4.28. The highest BCUT2D eigenvalue weighted by molar-refractivity contribution is 5.67. The summed E-state index contributed by atoms with van der Waals surface area (Å²) in [6, 6.07) is 0. The highest BCUT2D eigenvalue weighted by Crippen LogP contribution is 2.06. The number of nitrogens with zero attached hydrogens (tertiary/aromatic N) is 1. The monoisotopic (exact) mass is 230 g/mol. The van der Waals surface area contributed by atoms with Crippen molar-refractivity contribution in [2.24, 2.45) is 0 Å². The van der Waals surface area contributed by atoms with Gasteiger partial charge in [0.05, 0.1) is 6.10 Å². The predicted molar refractivity (Wildman–Crippen MR) is 61.3 cm³/mol. The van der Waals surface area contributed by atoms with Crippen molar-refractivity contribution in [3.05, 3.63) is 0 Å². The minimum absolute atomic E-state index is 0.0535. The zero-order chi connectivity index (χ0) is 11.8. The van der Waals surface area contributed by atoms with Crippen LogP contribution in [0.5, 0.6) is 0 Å². The van der Waals surface area contributed by atoms with Crippen LogP contribution >= 0.6 is 0 Å². The maximum Gasteiger partial charge on any atom is 0.407 e. The maximum absolute atomic E-state index is 11.1. The van der Waals surface area contributed by atoms with Crippen molar-refractivity contribution in [2.45, 2.75) is 32.3 Å². The summed E-state index contributed by atoms with van der Waals surface area (Å²) in [6.45, 7) is 5.68. The van der Waals surface area contributed by atoms with Gasteiger partial charge >= 0.3 is 6.09 Å². The van der Waals surface area contributed by atoms with Gasteiger partial charge in [0.25, 0.3) is 0 Å². The molecule has 16 heavy (non-hydrogen) atoms. The minimum atomic E-state index is -0.602. The molecule has 1 aliphatic rings. The summed E-state index contributed by atoms with van der Waals surface area (Å²) in [5.41, 5.74) is 0. The van der Waals surface area contributed by atoms with E-state index in [0.29, 0.717) is 6.54 Å². The van der Waals surface area contributed by atoms with E-state index in [0.717, 1.165) is 13.0 Å². The van der Waals surface area contributed by atoms with Crippen LogP contribution in [0.15, 0.2) is 0 Å². The van der Waals surface area contributed by atoms with E-state index >= 15 is 0 Å². The Morgan fingerprint density at radius 2 is 2.19 bits per heavy atom. The summed E-state index contributed by atoms with van der Waals surface area (Å²) in [5, 5.41) is 11.6. The third-order valence-electron chi connectivity index (χ3n) is 2.57. The molecule has 0 radical (unpaired) electrons. The van der Waals surface area contributed by atoms with E-state index in [2.05, 4.69) is 10.2 Å². The lowest BCUT2D eigenvalue weighted by Gasteiger charge is -2.14. The Hall–Kier alpha value is -0.810. The molecule has 0 saturated carbocycles. The van der Waals surface area contributed by atoms with Crippen LogP contribution in [0.2, 0.25) is 0 Å². The molecule has 1 unspecified atom stereocenters. The van der Waals surface area contributed by atoms with Gasteiger partial charge in [0.2, 0.25) is 0 Å². The number of nitrogens with one attached hydrogen (secondary N) is 1.